The molecule has 166 valence electrons. The number of rotatable bonds is 5. The van der Waals surface area contributed by atoms with Gasteiger partial charge in [-0.25, -0.2) is 4.39 Å². The van der Waals surface area contributed by atoms with Crippen LogP contribution in [0.25, 0.3) is 10.8 Å². The number of nitrogens with zero attached hydrogens (tertiary/aromatic N) is 4. The number of carbonyl (C=O) groups excluding carboxylic acids is 1. The molecule has 1 aromatic heterocycles. The molecular weight excluding hydrogens is 417 g/mol. The number of halogens is 1. The van der Waals surface area contributed by atoms with Crippen LogP contribution in [-0.2, 0) is 6.54 Å². The van der Waals surface area contributed by atoms with Gasteiger partial charge in [0, 0.05) is 43.5 Å². The summed E-state index contributed by atoms with van der Waals surface area (Å²) in [6.45, 7) is 3.15. The molecule has 1 amide bonds. The van der Waals surface area contributed by atoms with E-state index in [1.54, 1.807) is 6.07 Å². The SMILES string of the molecule is O=C(NCc1ccccc1)c1nnc(N2CCN(c3ccccc3F)CC2)c2ccccc12. The quantitative estimate of drug-likeness (QED) is 0.507. The topological polar surface area (TPSA) is 61.4 Å². The summed E-state index contributed by atoms with van der Waals surface area (Å²) in [7, 11) is 0. The summed E-state index contributed by atoms with van der Waals surface area (Å²) in [5.74, 6) is 0.291. The molecule has 0 radical (unpaired) electrons. The van der Waals surface area contributed by atoms with E-state index in [0.29, 0.717) is 44.1 Å². The van der Waals surface area contributed by atoms with Crippen LogP contribution in [0.1, 0.15) is 16.1 Å². The molecule has 0 spiro atoms. The number of amides is 1. The van der Waals surface area contributed by atoms with Crippen LogP contribution < -0.4 is 15.1 Å². The number of aromatic nitrogens is 2. The number of fused-ring (bicyclic) bond motifs is 1. The first-order chi connectivity index (χ1) is 16.2. The van der Waals surface area contributed by atoms with Gasteiger partial charge >= 0.3 is 0 Å². The molecule has 0 saturated carbocycles. The van der Waals surface area contributed by atoms with E-state index in [1.165, 1.54) is 6.07 Å². The van der Waals surface area contributed by atoms with Crippen molar-refractivity contribution in [2.75, 3.05) is 36.0 Å². The number of benzene rings is 3. The standard InChI is InChI=1S/C26H24FN5O/c27-22-12-6-7-13-23(22)31-14-16-32(17-15-31)25-21-11-5-4-10-20(21)24(29-30-25)26(33)28-18-19-8-2-1-3-9-19/h1-13H,14-18H2,(H,28,33). The second-order valence-electron chi connectivity index (χ2n) is 8.01. The van der Waals surface area contributed by atoms with Crippen LogP contribution >= 0.6 is 0 Å². The molecule has 5 rings (SSSR count). The van der Waals surface area contributed by atoms with E-state index in [-0.39, 0.29) is 11.7 Å². The summed E-state index contributed by atoms with van der Waals surface area (Å²) in [5.41, 5.74) is 1.96. The van der Waals surface area contributed by atoms with Crippen molar-refractivity contribution in [1.82, 2.24) is 15.5 Å². The molecule has 7 heteroatoms. The van der Waals surface area contributed by atoms with Crippen LogP contribution in [0.3, 0.4) is 0 Å². The molecule has 1 saturated heterocycles. The summed E-state index contributed by atoms with van der Waals surface area (Å²) in [6, 6.07) is 24.3. The van der Waals surface area contributed by atoms with Crippen molar-refractivity contribution in [3.8, 4) is 0 Å². The van der Waals surface area contributed by atoms with Crippen molar-refractivity contribution >= 4 is 28.2 Å². The average Bonchev–Trinajstić information content (AvgIpc) is 2.88. The van der Waals surface area contributed by atoms with E-state index in [9.17, 15) is 9.18 Å². The first kappa shape index (κ1) is 20.9. The molecule has 4 aromatic rings. The number of hydrogen-bond acceptors (Lipinski definition) is 5. The molecule has 1 fully saturated rings. The van der Waals surface area contributed by atoms with Gasteiger partial charge in [-0.3, -0.25) is 4.79 Å². The van der Waals surface area contributed by atoms with Crippen molar-refractivity contribution in [3.05, 3.63) is 95.9 Å². The third-order valence-corrected chi connectivity index (χ3v) is 5.95. The average molecular weight is 442 g/mol. The van der Waals surface area contributed by atoms with Gasteiger partial charge < -0.3 is 15.1 Å². The van der Waals surface area contributed by atoms with Crippen molar-refractivity contribution in [1.29, 1.82) is 0 Å². The molecule has 1 aliphatic heterocycles. The van der Waals surface area contributed by atoms with Crippen LogP contribution in [0.5, 0.6) is 0 Å². The Bertz CT molecular complexity index is 1270. The lowest BCUT2D eigenvalue weighted by atomic mass is 10.1. The lowest BCUT2D eigenvalue weighted by Gasteiger charge is -2.37. The highest BCUT2D eigenvalue weighted by molar-refractivity contribution is 6.07. The van der Waals surface area contributed by atoms with Crippen LogP contribution in [-0.4, -0.2) is 42.3 Å². The fourth-order valence-corrected chi connectivity index (χ4v) is 4.22. The molecule has 0 atom stereocenters. The van der Waals surface area contributed by atoms with Crippen LogP contribution in [0.4, 0.5) is 15.9 Å². The Morgan fingerprint density at radius 3 is 2.18 bits per heavy atom. The fraction of sp³-hybridized carbons (Fsp3) is 0.192. The van der Waals surface area contributed by atoms with E-state index in [1.807, 2.05) is 71.6 Å². The molecule has 0 bridgehead atoms. The molecule has 0 unspecified atom stereocenters. The molecule has 0 aliphatic carbocycles. The highest BCUT2D eigenvalue weighted by atomic mass is 19.1. The summed E-state index contributed by atoms with van der Waals surface area (Å²) in [5, 5.41) is 13.3. The van der Waals surface area contributed by atoms with Gasteiger partial charge in [0.15, 0.2) is 11.5 Å². The van der Waals surface area contributed by atoms with E-state index >= 15 is 0 Å². The zero-order valence-corrected chi connectivity index (χ0v) is 18.1. The van der Waals surface area contributed by atoms with Gasteiger partial charge in [-0.05, 0) is 17.7 Å². The van der Waals surface area contributed by atoms with Crippen molar-refractivity contribution in [2.24, 2.45) is 0 Å². The molecule has 2 heterocycles. The Kier molecular flexibility index (Phi) is 5.85. The Hall–Kier alpha value is -4.00. The Morgan fingerprint density at radius 1 is 0.788 bits per heavy atom. The zero-order valence-electron chi connectivity index (χ0n) is 18.1. The predicted molar refractivity (Wildman–Crippen MR) is 128 cm³/mol. The van der Waals surface area contributed by atoms with E-state index in [2.05, 4.69) is 20.4 Å². The monoisotopic (exact) mass is 441 g/mol. The number of piperazine rings is 1. The number of carbonyl (C=O) groups is 1. The first-order valence-electron chi connectivity index (χ1n) is 11.0. The number of para-hydroxylation sites is 1. The van der Waals surface area contributed by atoms with Crippen molar-refractivity contribution in [3.63, 3.8) is 0 Å². The largest absolute Gasteiger partial charge is 0.366 e. The van der Waals surface area contributed by atoms with Gasteiger partial charge in [-0.15, -0.1) is 10.2 Å². The minimum atomic E-state index is -0.251. The summed E-state index contributed by atoms with van der Waals surface area (Å²) in [4.78, 5) is 17.1. The minimum absolute atomic E-state index is 0.206. The molecular formula is C26H24FN5O. The lowest BCUT2D eigenvalue weighted by molar-refractivity contribution is 0.0947. The maximum absolute atomic E-state index is 14.2. The second-order valence-corrected chi connectivity index (χ2v) is 8.01. The molecule has 6 nitrogen and oxygen atoms in total. The normalized spacial score (nSPS) is 13.8. The van der Waals surface area contributed by atoms with Crippen molar-refractivity contribution < 1.29 is 9.18 Å². The van der Waals surface area contributed by atoms with Gasteiger partial charge in [0.1, 0.15) is 5.82 Å². The van der Waals surface area contributed by atoms with Crippen molar-refractivity contribution in [2.45, 2.75) is 6.54 Å². The highest BCUT2D eigenvalue weighted by Crippen LogP contribution is 2.28. The fourth-order valence-electron chi connectivity index (χ4n) is 4.22. The van der Waals surface area contributed by atoms with Gasteiger partial charge in [-0.2, -0.15) is 0 Å². The third kappa shape index (κ3) is 4.35. The Morgan fingerprint density at radius 2 is 1.42 bits per heavy atom. The van der Waals surface area contributed by atoms with Gasteiger partial charge in [-0.1, -0.05) is 66.7 Å². The second kappa shape index (κ2) is 9.24. The number of hydrogen-bond donors (Lipinski definition) is 1. The predicted octanol–water partition coefficient (Wildman–Crippen LogP) is 4.03. The van der Waals surface area contributed by atoms with Crippen LogP contribution in [0.15, 0.2) is 78.9 Å². The Labute approximate surface area is 191 Å². The van der Waals surface area contributed by atoms with E-state index in [0.717, 1.165) is 22.2 Å². The van der Waals surface area contributed by atoms with Crippen LogP contribution in [0.2, 0.25) is 0 Å². The smallest absolute Gasteiger partial charge is 0.272 e. The van der Waals surface area contributed by atoms with Gasteiger partial charge in [0.25, 0.3) is 5.91 Å². The van der Waals surface area contributed by atoms with Crippen LogP contribution in [0, 0.1) is 5.82 Å². The number of anilines is 2. The molecule has 1 aliphatic rings. The summed E-state index contributed by atoms with van der Waals surface area (Å²) < 4.78 is 14.2. The van der Waals surface area contributed by atoms with Gasteiger partial charge in [0.05, 0.1) is 5.69 Å². The zero-order chi connectivity index (χ0) is 22.6. The van der Waals surface area contributed by atoms with E-state index in [4.69, 9.17) is 0 Å². The number of nitrogens with one attached hydrogen (secondary N) is 1. The Balaban J connectivity index is 1.35. The molecule has 3 aromatic carbocycles. The summed E-state index contributed by atoms with van der Waals surface area (Å²) in [6.07, 6.45) is 0. The highest BCUT2D eigenvalue weighted by Gasteiger charge is 2.23. The minimum Gasteiger partial charge on any atom is -0.366 e. The maximum Gasteiger partial charge on any atom is 0.272 e. The molecule has 1 N–H and O–H groups in total. The van der Waals surface area contributed by atoms with Gasteiger partial charge in [0.2, 0.25) is 0 Å². The van der Waals surface area contributed by atoms with E-state index < -0.39 is 0 Å². The summed E-state index contributed by atoms with van der Waals surface area (Å²) >= 11 is 0. The first-order valence-corrected chi connectivity index (χ1v) is 11.0. The lowest BCUT2D eigenvalue weighted by Crippen LogP contribution is -2.47. The molecule has 33 heavy (non-hydrogen) atoms. The third-order valence-electron chi connectivity index (χ3n) is 5.95. The maximum atomic E-state index is 14.2.